The number of carbonyl (C=O) groups is 1. The van der Waals surface area contributed by atoms with Crippen molar-refractivity contribution in [1.29, 1.82) is 0 Å². The average Bonchev–Trinajstić information content (AvgIpc) is 3.10. The van der Waals surface area contributed by atoms with Crippen LogP contribution in [0.15, 0.2) is 17.1 Å². The molecule has 3 N–H and O–H groups in total. The van der Waals surface area contributed by atoms with Crippen molar-refractivity contribution in [3.05, 3.63) is 17.7 Å². The van der Waals surface area contributed by atoms with Gasteiger partial charge in [0.25, 0.3) is 0 Å². The minimum Gasteiger partial charge on any atom is -0.454 e. The van der Waals surface area contributed by atoms with Gasteiger partial charge in [-0.3, -0.25) is 4.79 Å². The Kier molecular flexibility index (Phi) is 11.3. The van der Waals surface area contributed by atoms with Crippen molar-refractivity contribution in [2.75, 3.05) is 40.1 Å². The van der Waals surface area contributed by atoms with Crippen molar-refractivity contribution in [2.45, 2.75) is 20.1 Å². The quantitative estimate of drug-likeness (QED) is 0.182. The number of fused-ring (bicyclic) bond motifs is 1. The first-order valence-electron chi connectivity index (χ1n) is 8.68. The first-order valence-corrected chi connectivity index (χ1v) is 8.68. The maximum Gasteiger partial charge on any atom is 0.387 e. The second-order valence-electron chi connectivity index (χ2n) is 5.58. The molecule has 1 aliphatic rings. The monoisotopic (exact) mass is 530 g/mol. The Morgan fingerprint density at radius 1 is 1.24 bits per heavy atom. The predicted octanol–water partition coefficient (Wildman–Crippen LogP) is 1.45. The van der Waals surface area contributed by atoms with Gasteiger partial charge in [-0.2, -0.15) is 8.78 Å². The average molecular weight is 530 g/mol. The van der Waals surface area contributed by atoms with Crippen molar-refractivity contribution < 1.29 is 32.5 Å². The van der Waals surface area contributed by atoms with Crippen LogP contribution in [0.3, 0.4) is 0 Å². The normalized spacial score (nSPS) is 12.4. The van der Waals surface area contributed by atoms with E-state index in [2.05, 4.69) is 25.7 Å². The largest absolute Gasteiger partial charge is 0.454 e. The molecule has 0 aromatic heterocycles. The van der Waals surface area contributed by atoms with E-state index in [1.807, 2.05) is 6.92 Å². The molecule has 0 saturated carbocycles. The van der Waals surface area contributed by atoms with E-state index in [1.54, 1.807) is 13.2 Å². The van der Waals surface area contributed by atoms with Crippen LogP contribution < -0.4 is 30.2 Å². The number of halogens is 3. The van der Waals surface area contributed by atoms with E-state index in [1.165, 1.54) is 6.07 Å². The molecule has 2 rings (SSSR count). The summed E-state index contributed by atoms with van der Waals surface area (Å²) < 4.78 is 45.3. The number of hydrogen-bond acceptors (Lipinski definition) is 6. The van der Waals surface area contributed by atoms with Gasteiger partial charge < -0.3 is 34.9 Å². The number of alkyl halides is 2. The van der Waals surface area contributed by atoms with Gasteiger partial charge >= 0.3 is 6.61 Å². The molecule has 0 atom stereocenters. The molecule has 12 heteroatoms. The number of amides is 1. The zero-order valence-corrected chi connectivity index (χ0v) is 18.5. The summed E-state index contributed by atoms with van der Waals surface area (Å²) in [4.78, 5) is 16.1. The van der Waals surface area contributed by atoms with Gasteiger partial charge in [-0.15, -0.1) is 24.0 Å². The van der Waals surface area contributed by atoms with Crippen molar-refractivity contribution in [2.24, 2.45) is 4.99 Å². The highest BCUT2D eigenvalue weighted by atomic mass is 127. The second-order valence-corrected chi connectivity index (χ2v) is 5.58. The number of rotatable bonds is 10. The fourth-order valence-corrected chi connectivity index (χ4v) is 2.32. The van der Waals surface area contributed by atoms with Crippen LogP contribution in [0.1, 0.15) is 12.5 Å². The SMILES string of the molecule is CCNC(=NCc1cc2c(cc1OC(F)F)OCO2)NCC(=O)NCCOC.I. The third kappa shape index (κ3) is 8.43. The summed E-state index contributed by atoms with van der Waals surface area (Å²) in [5, 5.41) is 8.52. The molecule has 9 nitrogen and oxygen atoms in total. The Bertz CT molecular complexity index is 694. The highest BCUT2D eigenvalue weighted by Gasteiger charge is 2.20. The number of benzene rings is 1. The summed E-state index contributed by atoms with van der Waals surface area (Å²) in [7, 11) is 1.54. The molecule has 0 radical (unpaired) electrons. The third-order valence-electron chi connectivity index (χ3n) is 3.57. The van der Waals surface area contributed by atoms with Gasteiger partial charge in [0, 0.05) is 31.8 Å². The van der Waals surface area contributed by atoms with E-state index in [-0.39, 0.29) is 55.5 Å². The van der Waals surface area contributed by atoms with E-state index in [4.69, 9.17) is 14.2 Å². The first-order chi connectivity index (χ1) is 13.5. The molecule has 1 aromatic rings. The lowest BCUT2D eigenvalue weighted by atomic mass is 10.1. The summed E-state index contributed by atoms with van der Waals surface area (Å²) in [6.45, 7) is 0.285. The minimum atomic E-state index is -2.98. The van der Waals surface area contributed by atoms with Crippen molar-refractivity contribution in [3.8, 4) is 17.2 Å². The number of ether oxygens (including phenoxy) is 4. The van der Waals surface area contributed by atoms with Crippen molar-refractivity contribution in [3.63, 3.8) is 0 Å². The highest BCUT2D eigenvalue weighted by molar-refractivity contribution is 14.0. The second kappa shape index (κ2) is 13.2. The third-order valence-corrected chi connectivity index (χ3v) is 3.57. The molecule has 1 amide bonds. The molecule has 1 aliphatic heterocycles. The van der Waals surface area contributed by atoms with Gasteiger partial charge in [-0.1, -0.05) is 0 Å². The molecule has 164 valence electrons. The first kappa shape index (κ1) is 24.9. The van der Waals surface area contributed by atoms with Crippen molar-refractivity contribution >= 4 is 35.8 Å². The smallest absolute Gasteiger partial charge is 0.387 e. The maximum atomic E-state index is 12.7. The molecule has 0 bridgehead atoms. The zero-order valence-electron chi connectivity index (χ0n) is 16.1. The number of hydrogen-bond donors (Lipinski definition) is 3. The van der Waals surface area contributed by atoms with Gasteiger partial charge in [0.05, 0.1) is 19.7 Å². The van der Waals surface area contributed by atoms with Crippen molar-refractivity contribution in [1.82, 2.24) is 16.0 Å². The molecular weight excluding hydrogens is 505 g/mol. The molecule has 1 heterocycles. The molecule has 0 unspecified atom stereocenters. The van der Waals surface area contributed by atoms with Crippen LogP contribution in [-0.4, -0.2) is 58.6 Å². The van der Waals surface area contributed by atoms with Crippen LogP contribution in [-0.2, 0) is 16.1 Å². The van der Waals surface area contributed by atoms with E-state index in [0.717, 1.165) is 0 Å². The number of nitrogens with zero attached hydrogens (tertiary/aromatic N) is 1. The zero-order chi connectivity index (χ0) is 20.4. The lowest BCUT2D eigenvalue weighted by Gasteiger charge is -2.13. The van der Waals surface area contributed by atoms with Crippen LogP contribution in [0.2, 0.25) is 0 Å². The lowest BCUT2D eigenvalue weighted by Crippen LogP contribution is -2.43. The fourth-order valence-electron chi connectivity index (χ4n) is 2.32. The summed E-state index contributed by atoms with van der Waals surface area (Å²) in [6, 6.07) is 2.90. The van der Waals surface area contributed by atoms with Gasteiger partial charge in [0.15, 0.2) is 17.5 Å². The van der Waals surface area contributed by atoms with E-state index >= 15 is 0 Å². The van der Waals surface area contributed by atoms with E-state index < -0.39 is 6.61 Å². The lowest BCUT2D eigenvalue weighted by molar-refractivity contribution is -0.120. The van der Waals surface area contributed by atoms with Gasteiger partial charge in [-0.05, 0) is 13.0 Å². The Morgan fingerprint density at radius 3 is 2.62 bits per heavy atom. The summed E-state index contributed by atoms with van der Waals surface area (Å²) in [5.74, 6) is 0.845. The van der Waals surface area contributed by atoms with E-state index in [9.17, 15) is 13.6 Å². The molecule has 0 saturated heterocycles. The Hall–Kier alpha value is -2.09. The number of guanidine groups is 1. The Morgan fingerprint density at radius 2 is 1.97 bits per heavy atom. The molecule has 0 fully saturated rings. The highest BCUT2D eigenvalue weighted by Crippen LogP contribution is 2.38. The molecule has 29 heavy (non-hydrogen) atoms. The van der Waals surface area contributed by atoms with Crippen LogP contribution in [0, 0.1) is 0 Å². The Labute approximate surface area is 184 Å². The number of aliphatic imine (C=N–C) groups is 1. The summed E-state index contributed by atoms with van der Waals surface area (Å²) in [5.41, 5.74) is 0.395. The topological polar surface area (TPSA) is 102 Å². The van der Waals surface area contributed by atoms with Crippen LogP contribution in [0.25, 0.3) is 0 Å². The fraction of sp³-hybridized carbons (Fsp3) is 0.529. The molecule has 0 spiro atoms. The minimum absolute atomic E-state index is 0. The van der Waals surface area contributed by atoms with Crippen LogP contribution in [0.5, 0.6) is 17.2 Å². The molecule has 0 aliphatic carbocycles. The summed E-state index contributed by atoms with van der Waals surface area (Å²) >= 11 is 0. The standard InChI is InChI=1S/C17H24F2N4O5.HI/c1-3-20-17(23-9-15(24)21-4-5-25-2)22-8-11-6-13-14(27-10-26-13)7-12(11)28-16(18)19;/h6-7,16H,3-5,8-10H2,1-2H3,(H,21,24)(H2,20,22,23);1H. The number of methoxy groups -OCH3 is 1. The maximum absolute atomic E-state index is 12.7. The number of nitrogens with one attached hydrogen (secondary N) is 3. The van der Waals surface area contributed by atoms with E-state index in [0.29, 0.717) is 42.7 Å². The summed E-state index contributed by atoms with van der Waals surface area (Å²) in [6.07, 6.45) is 0. The van der Waals surface area contributed by atoms with Gasteiger partial charge in [-0.25, -0.2) is 4.99 Å². The number of carbonyl (C=O) groups excluding carboxylic acids is 1. The Balaban J connectivity index is 0.00000420. The predicted molar refractivity (Wildman–Crippen MR) is 112 cm³/mol. The van der Waals surface area contributed by atoms with Gasteiger partial charge in [0.2, 0.25) is 12.7 Å². The van der Waals surface area contributed by atoms with Gasteiger partial charge in [0.1, 0.15) is 5.75 Å². The molecular formula is C17H25F2IN4O5. The molecule has 1 aromatic carbocycles. The van der Waals surface area contributed by atoms with Crippen LogP contribution >= 0.6 is 24.0 Å². The van der Waals surface area contributed by atoms with Crippen LogP contribution in [0.4, 0.5) is 8.78 Å².